The van der Waals surface area contributed by atoms with Crippen LogP contribution in [0.3, 0.4) is 0 Å². The molecule has 0 aliphatic carbocycles. The van der Waals surface area contributed by atoms with Crippen LogP contribution in [0.5, 0.6) is 0 Å². The van der Waals surface area contributed by atoms with E-state index < -0.39 is 0 Å². The fourth-order valence-corrected chi connectivity index (χ4v) is 3.30. The molecule has 0 bridgehead atoms. The third-order valence-corrected chi connectivity index (χ3v) is 4.58. The number of nitrogens with zero attached hydrogens (tertiary/aromatic N) is 3. The lowest BCUT2D eigenvalue weighted by atomic mass is 9.89. The monoisotopic (exact) mass is 269 g/mol. The number of aryl methyl sites for hydroxylation is 1. The second-order valence-corrected chi connectivity index (χ2v) is 5.78. The summed E-state index contributed by atoms with van der Waals surface area (Å²) >= 11 is 0. The van der Waals surface area contributed by atoms with Gasteiger partial charge in [-0.1, -0.05) is 6.92 Å². The van der Waals surface area contributed by atoms with E-state index in [1.54, 1.807) is 0 Å². The first-order chi connectivity index (χ1) is 9.52. The predicted octanol–water partition coefficient (Wildman–Crippen LogP) is 2.97. The van der Waals surface area contributed by atoms with E-state index in [0.29, 0.717) is 17.4 Å². The van der Waals surface area contributed by atoms with Crippen LogP contribution in [0, 0.1) is 17.2 Å². The summed E-state index contributed by atoms with van der Waals surface area (Å²) in [6, 6.07) is 7.84. The van der Waals surface area contributed by atoms with Crippen LogP contribution in [-0.2, 0) is 11.8 Å². The van der Waals surface area contributed by atoms with Crippen molar-refractivity contribution in [1.29, 1.82) is 5.26 Å². The zero-order valence-corrected chi connectivity index (χ0v) is 12.3. The first-order valence-corrected chi connectivity index (χ1v) is 7.05. The van der Waals surface area contributed by atoms with Crippen molar-refractivity contribution in [3.05, 3.63) is 29.6 Å². The van der Waals surface area contributed by atoms with Gasteiger partial charge < -0.3 is 9.30 Å². The van der Waals surface area contributed by atoms with E-state index >= 15 is 0 Å². The van der Waals surface area contributed by atoms with E-state index in [0.717, 1.165) is 16.9 Å². The van der Waals surface area contributed by atoms with E-state index in [-0.39, 0.29) is 12.2 Å². The van der Waals surface area contributed by atoms with Crippen LogP contribution in [0.4, 0.5) is 0 Å². The fraction of sp³-hybridized carbons (Fsp3) is 0.500. The highest BCUT2D eigenvalue weighted by Gasteiger charge is 2.40. The quantitative estimate of drug-likeness (QED) is 0.799. The molecule has 0 spiro atoms. The third-order valence-electron chi connectivity index (χ3n) is 4.58. The van der Waals surface area contributed by atoms with Crippen molar-refractivity contribution in [2.45, 2.75) is 38.9 Å². The average Bonchev–Trinajstić information content (AvgIpc) is 2.87. The molecule has 2 heterocycles. The fourth-order valence-electron chi connectivity index (χ4n) is 3.30. The van der Waals surface area contributed by atoms with Crippen molar-refractivity contribution in [3.63, 3.8) is 0 Å². The largest absolute Gasteiger partial charge is 0.374 e. The summed E-state index contributed by atoms with van der Waals surface area (Å²) in [7, 11) is 2.04. The highest BCUT2D eigenvalue weighted by Crippen LogP contribution is 2.40. The first kappa shape index (κ1) is 13.1. The van der Waals surface area contributed by atoms with E-state index in [9.17, 15) is 0 Å². The molecule has 0 radical (unpaired) electrons. The second kappa shape index (κ2) is 4.60. The van der Waals surface area contributed by atoms with Gasteiger partial charge in [-0.2, -0.15) is 5.26 Å². The number of aromatic nitrogens is 2. The third kappa shape index (κ3) is 1.82. The van der Waals surface area contributed by atoms with Crippen molar-refractivity contribution < 1.29 is 4.74 Å². The van der Waals surface area contributed by atoms with Crippen LogP contribution in [0.25, 0.3) is 11.0 Å². The van der Waals surface area contributed by atoms with Crippen molar-refractivity contribution in [2.75, 3.05) is 0 Å². The Morgan fingerprint density at radius 2 is 2.00 bits per heavy atom. The molecule has 3 rings (SSSR count). The van der Waals surface area contributed by atoms with Crippen molar-refractivity contribution in [1.82, 2.24) is 9.55 Å². The number of fused-ring (bicyclic) bond motifs is 1. The van der Waals surface area contributed by atoms with Gasteiger partial charge in [0.1, 0.15) is 5.82 Å². The molecule has 1 aromatic carbocycles. The zero-order valence-electron chi connectivity index (χ0n) is 12.3. The Balaban J connectivity index is 2.13. The molecule has 104 valence electrons. The molecule has 1 saturated heterocycles. The number of rotatable bonds is 1. The Kier molecular flexibility index (Phi) is 3.02. The van der Waals surface area contributed by atoms with Gasteiger partial charge in [0.15, 0.2) is 0 Å². The molecule has 0 amide bonds. The van der Waals surface area contributed by atoms with Gasteiger partial charge in [0.05, 0.1) is 34.9 Å². The Hall–Kier alpha value is -1.86. The van der Waals surface area contributed by atoms with Gasteiger partial charge >= 0.3 is 0 Å². The highest BCUT2D eigenvalue weighted by atomic mass is 16.5. The topological polar surface area (TPSA) is 50.8 Å². The van der Waals surface area contributed by atoms with E-state index in [4.69, 9.17) is 15.0 Å². The number of nitriles is 1. The van der Waals surface area contributed by atoms with Crippen LogP contribution >= 0.6 is 0 Å². The maximum atomic E-state index is 9.00. The Morgan fingerprint density at radius 3 is 2.60 bits per heavy atom. The molecule has 20 heavy (non-hydrogen) atoms. The molecule has 2 aromatic rings. The summed E-state index contributed by atoms with van der Waals surface area (Å²) in [5.74, 6) is 1.79. The number of hydrogen-bond donors (Lipinski definition) is 0. The van der Waals surface area contributed by atoms with Gasteiger partial charge in [-0.05, 0) is 38.0 Å². The minimum atomic E-state index is 0.172. The van der Waals surface area contributed by atoms with Crippen molar-refractivity contribution in [2.24, 2.45) is 13.0 Å². The SMILES string of the molecule is CC1OC(C)C(c2nc3cc(C#N)ccc3n2C)C1C. The molecule has 1 aliphatic rings. The van der Waals surface area contributed by atoms with Crippen LogP contribution in [0.2, 0.25) is 0 Å². The van der Waals surface area contributed by atoms with Crippen LogP contribution < -0.4 is 0 Å². The molecule has 0 N–H and O–H groups in total. The number of hydrogen-bond acceptors (Lipinski definition) is 3. The summed E-state index contributed by atoms with van der Waals surface area (Å²) < 4.78 is 8.07. The molecule has 4 unspecified atom stereocenters. The molecular formula is C16H19N3O. The minimum Gasteiger partial charge on any atom is -0.374 e. The van der Waals surface area contributed by atoms with Gasteiger partial charge in [-0.25, -0.2) is 4.98 Å². The van der Waals surface area contributed by atoms with Crippen LogP contribution in [0.1, 0.15) is 38.1 Å². The van der Waals surface area contributed by atoms with Crippen molar-refractivity contribution >= 4 is 11.0 Å². The second-order valence-electron chi connectivity index (χ2n) is 5.78. The molecule has 4 nitrogen and oxygen atoms in total. The molecular weight excluding hydrogens is 250 g/mol. The smallest absolute Gasteiger partial charge is 0.115 e. The van der Waals surface area contributed by atoms with E-state index in [1.807, 2.05) is 25.2 Å². The van der Waals surface area contributed by atoms with Gasteiger partial charge in [-0.3, -0.25) is 0 Å². The Labute approximate surface area is 119 Å². The van der Waals surface area contributed by atoms with Gasteiger partial charge in [0.2, 0.25) is 0 Å². The lowest BCUT2D eigenvalue weighted by Crippen LogP contribution is -2.19. The van der Waals surface area contributed by atoms with Crippen LogP contribution in [0.15, 0.2) is 18.2 Å². The average molecular weight is 269 g/mol. The molecule has 1 fully saturated rings. The summed E-state index contributed by atoms with van der Waals surface area (Å²) in [5, 5.41) is 9.00. The maximum absolute atomic E-state index is 9.00. The van der Waals surface area contributed by atoms with Gasteiger partial charge in [0, 0.05) is 13.0 Å². The summed E-state index contributed by atoms with van der Waals surface area (Å²) in [5.41, 5.74) is 2.61. The highest BCUT2D eigenvalue weighted by molar-refractivity contribution is 5.77. The zero-order chi connectivity index (χ0) is 14.4. The normalized spacial score (nSPS) is 29.8. The lowest BCUT2D eigenvalue weighted by Gasteiger charge is -2.18. The number of benzene rings is 1. The van der Waals surface area contributed by atoms with Crippen LogP contribution in [-0.4, -0.2) is 21.8 Å². The molecule has 1 aliphatic heterocycles. The summed E-state index contributed by atoms with van der Waals surface area (Å²) in [6.45, 7) is 6.46. The van der Waals surface area contributed by atoms with Gasteiger partial charge in [0.25, 0.3) is 0 Å². The Morgan fingerprint density at radius 1 is 1.25 bits per heavy atom. The number of ether oxygens (including phenoxy) is 1. The molecule has 0 saturated carbocycles. The van der Waals surface area contributed by atoms with Crippen molar-refractivity contribution in [3.8, 4) is 6.07 Å². The number of imidazole rings is 1. The maximum Gasteiger partial charge on any atom is 0.115 e. The minimum absolute atomic E-state index is 0.172. The summed E-state index contributed by atoms with van der Waals surface area (Å²) in [6.07, 6.45) is 0.426. The molecule has 4 heteroatoms. The first-order valence-electron chi connectivity index (χ1n) is 7.05. The predicted molar refractivity (Wildman–Crippen MR) is 77.3 cm³/mol. The van der Waals surface area contributed by atoms with E-state index in [2.05, 4.69) is 31.4 Å². The Bertz CT molecular complexity index is 698. The molecule has 4 atom stereocenters. The lowest BCUT2D eigenvalue weighted by molar-refractivity contribution is 0.0552. The molecule has 1 aromatic heterocycles. The summed E-state index contributed by atoms with van der Waals surface area (Å²) in [4.78, 5) is 4.77. The standard InChI is InChI=1S/C16H19N3O/c1-9-10(2)20-11(3)15(9)16-18-13-7-12(8-17)5-6-14(13)19(16)4/h5-7,9-11,15H,1-4H3. The van der Waals surface area contributed by atoms with E-state index in [1.165, 1.54) is 0 Å². The van der Waals surface area contributed by atoms with Gasteiger partial charge in [-0.15, -0.1) is 0 Å².